The molecule has 0 spiro atoms. The molecular formula is C17H19F2N3O3. The number of amides is 4. The molecule has 2 saturated heterocycles. The Labute approximate surface area is 143 Å². The van der Waals surface area contributed by atoms with Gasteiger partial charge in [0.15, 0.2) is 11.6 Å². The molecule has 0 bridgehead atoms. The van der Waals surface area contributed by atoms with Crippen molar-refractivity contribution in [1.29, 1.82) is 0 Å². The molecule has 2 aliphatic rings. The standard InChI is InChI=1S/C17H19F2N3O3/c1-17(11-5-6-12(18)13(19)9-11)15(24)22(16(25)20-17)10-14(23)21-7-3-2-4-8-21/h5-6,9H,2-4,7-8,10H2,1H3,(H,20,25)/t17-/m1/s1. The number of hydrogen-bond acceptors (Lipinski definition) is 3. The van der Waals surface area contributed by atoms with Crippen molar-refractivity contribution in [2.24, 2.45) is 0 Å². The van der Waals surface area contributed by atoms with Crippen molar-refractivity contribution in [2.75, 3.05) is 19.6 Å². The predicted molar refractivity (Wildman–Crippen MR) is 84.4 cm³/mol. The van der Waals surface area contributed by atoms with E-state index in [1.165, 1.54) is 13.0 Å². The fourth-order valence-corrected chi connectivity index (χ4v) is 3.22. The van der Waals surface area contributed by atoms with E-state index in [2.05, 4.69) is 5.32 Å². The van der Waals surface area contributed by atoms with Crippen molar-refractivity contribution in [2.45, 2.75) is 31.7 Å². The minimum atomic E-state index is -1.53. The first kappa shape index (κ1) is 17.3. The van der Waals surface area contributed by atoms with Gasteiger partial charge >= 0.3 is 6.03 Å². The molecule has 2 fully saturated rings. The second-order valence-corrected chi connectivity index (χ2v) is 6.52. The van der Waals surface area contributed by atoms with Crippen LogP contribution in [0, 0.1) is 11.6 Å². The number of halogens is 2. The van der Waals surface area contributed by atoms with E-state index < -0.39 is 29.1 Å². The molecule has 0 aliphatic carbocycles. The number of benzene rings is 1. The Morgan fingerprint density at radius 2 is 1.84 bits per heavy atom. The lowest BCUT2D eigenvalue weighted by atomic mass is 9.92. The van der Waals surface area contributed by atoms with Crippen molar-refractivity contribution >= 4 is 17.8 Å². The number of hydrogen-bond donors (Lipinski definition) is 1. The van der Waals surface area contributed by atoms with Crippen molar-refractivity contribution < 1.29 is 23.2 Å². The van der Waals surface area contributed by atoms with Gasteiger partial charge in [0.2, 0.25) is 5.91 Å². The Bertz CT molecular complexity index is 734. The molecule has 1 aromatic rings. The van der Waals surface area contributed by atoms with E-state index in [-0.39, 0.29) is 18.0 Å². The number of likely N-dealkylation sites (tertiary alicyclic amines) is 1. The van der Waals surface area contributed by atoms with Crippen molar-refractivity contribution in [3.8, 4) is 0 Å². The van der Waals surface area contributed by atoms with Gasteiger partial charge in [0.1, 0.15) is 12.1 Å². The number of urea groups is 1. The molecule has 0 aromatic heterocycles. The van der Waals surface area contributed by atoms with Gasteiger partial charge in [-0.1, -0.05) is 6.07 Å². The number of rotatable bonds is 3. The molecule has 4 amide bonds. The summed E-state index contributed by atoms with van der Waals surface area (Å²) in [5.41, 5.74) is -1.41. The van der Waals surface area contributed by atoms with Crippen molar-refractivity contribution in [1.82, 2.24) is 15.1 Å². The molecule has 0 saturated carbocycles. The molecule has 134 valence electrons. The summed E-state index contributed by atoms with van der Waals surface area (Å²) in [6.45, 7) is 2.28. The maximum absolute atomic E-state index is 13.5. The van der Waals surface area contributed by atoms with E-state index in [9.17, 15) is 23.2 Å². The van der Waals surface area contributed by atoms with E-state index in [1.54, 1.807) is 4.90 Å². The molecule has 0 unspecified atom stereocenters. The molecule has 1 aromatic carbocycles. The average Bonchev–Trinajstić information content (AvgIpc) is 2.82. The maximum atomic E-state index is 13.5. The van der Waals surface area contributed by atoms with Gasteiger partial charge < -0.3 is 10.2 Å². The van der Waals surface area contributed by atoms with Crippen LogP contribution in [0.5, 0.6) is 0 Å². The van der Waals surface area contributed by atoms with Crippen LogP contribution in [-0.2, 0) is 15.1 Å². The van der Waals surface area contributed by atoms with Crippen LogP contribution < -0.4 is 5.32 Å². The fourth-order valence-electron chi connectivity index (χ4n) is 3.22. The first-order chi connectivity index (χ1) is 11.8. The van der Waals surface area contributed by atoms with E-state index in [4.69, 9.17) is 0 Å². The summed E-state index contributed by atoms with van der Waals surface area (Å²) in [6.07, 6.45) is 2.86. The predicted octanol–water partition coefficient (Wildman–Crippen LogP) is 1.74. The quantitative estimate of drug-likeness (QED) is 0.844. The molecule has 6 nitrogen and oxygen atoms in total. The monoisotopic (exact) mass is 351 g/mol. The summed E-state index contributed by atoms with van der Waals surface area (Å²) in [5, 5.41) is 2.48. The number of piperidine rings is 1. The first-order valence-corrected chi connectivity index (χ1v) is 8.20. The maximum Gasteiger partial charge on any atom is 0.325 e. The Kier molecular flexibility index (Phi) is 4.45. The third kappa shape index (κ3) is 3.08. The van der Waals surface area contributed by atoms with Crippen LogP contribution in [0.2, 0.25) is 0 Å². The largest absolute Gasteiger partial charge is 0.341 e. The third-order valence-electron chi connectivity index (χ3n) is 4.77. The molecule has 25 heavy (non-hydrogen) atoms. The minimum Gasteiger partial charge on any atom is -0.341 e. The smallest absolute Gasteiger partial charge is 0.325 e. The highest BCUT2D eigenvalue weighted by Gasteiger charge is 2.50. The Hall–Kier alpha value is -2.51. The molecule has 1 N–H and O–H groups in total. The lowest BCUT2D eigenvalue weighted by Gasteiger charge is -2.28. The number of imide groups is 1. The van der Waals surface area contributed by atoms with Crippen LogP contribution >= 0.6 is 0 Å². The zero-order valence-electron chi connectivity index (χ0n) is 13.8. The van der Waals surface area contributed by atoms with Gasteiger partial charge in [-0.2, -0.15) is 0 Å². The highest BCUT2D eigenvalue weighted by molar-refractivity contribution is 6.09. The highest BCUT2D eigenvalue weighted by atomic mass is 19.2. The lowest BCUT2D eigenvalue weighted by molar-refractivity contribution is -0.139. The van der Waals surface area contributed by atoms with Crippen LogP contribution in [0.15, 0.2) is 18.2 Å². The lowest BCUT2D eigenvalue weighted by Crippen LogP contribution is -2.45. The highest BCUT2D eigenvalue weighted by Crippen LogP contribution is 2.29. The summed E-state index contributed by atoms with van der Waals surface area (Å²) in [6, 6.07) is 2.30. The van der Waals surface area contributed by atoms with Gasteiger partial charge in [-0.05, 0) is 43.9 Å². The van der Waals surface area contributed by atoms with Gasteiger partial charge in [-0.15, -0.1) is 0 Å². The van der Waals surface area contributed by atoms with Crippen LogP contribution in [0.4, 0.5) is 13.6 Å². The number of carbonyl (C=O) groups is 3. The normalized spacial score (nSPS) is 23.8. The van der Waals surface area contributed by atoms with E-state index >= 15 is 0 Å². The van der Waals surface area contributed by atoms with Gasteiger partial charge in [-0.25, -0.2) is 13.6 Å². The van der Waals surface area contributed by atoms with Crippen LogP contribution in [-0.4, -0.2) is 47.3 Å². The molecule has 2 aliphatic heterocycles. The Morgan fingerprint density at radius 1 is 1.16 bits per heavy atom. The third-order valence-corrected chi connectivity index (χ3v) is 4.77. The first-order valence-electron chi connectivity index (χ1n) is 8.20. The molecule has 8 heteroatoms. The summed E-state index contributed by atoms with van der Waals surface area (Å²) >= 11 is 0. The SMILES string of the molecule is C[C@]1(c2ccc(F)c(F)c2)NC(=O)N(CC(=O)N2CCCCC2)C1=O. The van der Waals surface area contributed by atoms with Crippen LogP contribution in [0.25, 0.3) is 0 Å². The molecule has 3 rings (SSSR count). The topological polar surface area (TPSA) is 69.7 Å². The van der Waals surface area contributed by atoms with Gasteiger partial charge in [-0.3, -0.25) is 14.5 Å². The zero-order chi connectivity index (χ0) is 18.2. The molecule has 2 heterocycles. The summed E-state index contributed by atoms with van der Waals surface area (Å²) in [4.78, 5) is 39.7. The van der Waals surface area contributed by atoms with E-state index in [0.29, 0.717) is 13.1 Å². The minimum absolute atomic E-state index is 0.123. The second-order valence-electron chi connectivity index (χ2n) is 6.52. The number of nitrogens with zero attached hydrogens (tertiary/aromatic N) is 2. The summed E-state index contributed by atoms with van der Waals surface area (Å²) < 4.78 is 26.6. The second kappa shape index (κ2) is 6.42. The zero-order valence-corrected chi connectivity index (χ0v) is 13.8. The molecule has 1 atom stereocenters. The Balaban J connectivity index is 1.79. The molecular weight excluding hydrogens is 332 g/mol. The van der Waals surface area contributed by atoms with Crippen molar-refractivity contribution in [3.63, 3.8) is 0 Å². The van der Waals surface area contributed by atoms with E-state index in [1.807, 2.05) is 0 Å². The number of nitrogens with one attached hydrogen (secondary N) is 1. The van der Waals surface area contributed by atoms with Gasteiger partial charge in [0.25, 0.3) is 5.91 Å². The molecule has 0 radical (unpaired) electrons. The average molecular weight is 351 g/mol. The number of carbonyl (C=O) groups excluding carboxylic acids is 3. The van der Waals surface area contributed by atoms with Crippen molar-refractivity contribution in [3.05, 3.63) is 35.4 Å². The van der Waals surface area contributed by atoms with Gasteiger partial charge in [0.05, 0.1) is 0 Å². The summed E-state index contributed by atoms with van der Waals surface area (Å²) in [7, 11) is 0. The van der Waals surface area contributed by atoms with Crippen LogP contribution in [0.3, 0.4) is 0 Å². The Morgan fingerprint density at radius 3 is 2.48 bits per heavy atom. The van der Waals surface area contributed by atoms with E-state index in [0.717, 1.165) is 36.3 Å². The fraction of sp³-hybridized carbons (Fsp3) is 0.471. The summed E-state index contributed by atoms with van der Waals surface area (Å²) in [5.74, 6) is -3.10. The van der Waals surface area contributed by atoms with Crippen LogP contribution in [0.1, 0.15) is 31.7 Å². The van der Waals surface area contributed by atoms with Gasteiger partial charge in [0, 0.05) is 13.1 Å².